The number of rotatable bonds is 17. The van der Waals surface area contributed by atoms with Crippen LogP contribution < -0.4 is 33.2 Å². The molecule has 1 aromatic rings. The van der Waals surface area contributed by atoms with Gasteiger partial charge in [0.1, 0.15) is 18.1 Å². The molecule has 5 unspecified atom stereocenters. The molecule has 206 valence electrons. The summed E-state index contributed by atoms with van der Waals surface area (Å²) in [6, 6.07) is 4.68. The third-order valence-corrected chi connectivity index (χ3v) is 6.03. The van der Waals surface area contributed by atoms with Gasteiger partial charge in [0.2, 0.25) is 23.6 Å². The Balaban J connectivity index is 3.00. The molecule has 10 N–H and O–H groups in total. The van der Waals surface area contributed by atoms with Gasteiger partial charge in [0.25, 0.3) is 0 Å². The van der Waals surface area contributed by atoms with Gasteiger partial charge in [0.15, 0.2) is 0 Å². The second-order valence-electron chi connectivity index (χ2n) is 9.08. The van der Waals surface area contributed by atoms with Crippen molar-refractivity contribution < 1.29 is 29.1 Å². The van der Waals surface area contributed by atoms with Gasteiger partial charge in [-0.3, -0.25) is 19.2 Å². The topological polar surface area (TPSA) is 220 Å². The number of primary amides is 1. The molecule has 1 rings (SSSR count). The van der Waals surface area contributed by atoms with E-state index in [1.165, 1.54) is 0 Å². The van der Waals surface area contributed by atoms with Crippen molar-refractivity contribution in [1.82, 2.24) is 16.0 Å². The number of unbranched alkanes of at least 4 members (excludes halogenated alkanes) is 1. The molecule has 0 aromatic heterocycles. The lowest BCUT2D eigenvalue weighted by molar-refractivity contribution is -0.144. The molecule has 0 aliphatic heterocycles. The Bertz CT molecular complexity index is 912. The highest BCUT2D eigenvalue weighted by Gasteiger charge is 2.33. The van der Waals surface area contributed by atoms with Crippen molar-refractivity contribution in [2.45, 2.75) is 76.5 Å². The first-order chi connectivity index (χ1) is 17.5. The van der Waals surface area contributed by atoms with Gasteiger partial charge in [-0.05, 0) is 43.7 Å². The summed E-state index contributed by atoms with van der Waals surface area (Å²) in [6.45, 7) is 3.93. The summed E-state index contributed by atoms with van der Waals surface area (Å²) in [5.41, 5.74) is 17.6. The van der Waals surface area contributed by atoms with E-state index in [0.717, 1.165) is 5.56 Å². The van der Waals surface area contributed by atoms with Crippen LogP contribution in [0, 0.1) is 5.92 Å². The molecular weight excluding hydrogens is 480 g/mol. The summed E-state index contributed by atoms with van der Waals surface area (Å²) in [7, 11) is 0. The van der Waals surface area contributed by atoms with Crippen molar-refractivity contribution in [2.75, 3.05) is 6.54 Å². The normalized spacial score (nSPS) is 14.9. The Hall–Kier alpha value is -3.51. The van der Waals surface area contributed by atoms with Gasteiger partial charge < -0.3 is 38.3 Å². The molecule has 0 aliphatic carbocycles. The molecular formula is C25H40N6O6. The molecule has 12 nitrogen and oxygen atoms in total. The molecule has 0 radical (unpaired) electrons. The average Bonchev–Trinajstić information content (AvgIpc) is 2.85. The zero-order chi connectivity index (χ0) is 28.0. The summed E-state index contributed by atoms with van der Waals surface area (Å²) in [5, 5.41) is 16.9. The monoisotopic (exact) mass is 520 g/mol. The lowest BCUT2D eigenvalue weighted by Gasteiger charge is -2.28. The lowest BCUT2D eigenvalue weighted by Crippen LogP contribution is -2.59. The van der Waals surface area contributed by atoms with E-state index >= 15 is 0 Å². The number of amides is 4. The van der Waals surface area contributed by atoms with Gasteiger partial charge in [0.05, 0.1) is 12.5 Å². The fourth-order valence-corrected chi connectivity index (χ4v) is 3.62. The molecule has 0 heterocycles. The number of carbonyl (C=O) groups excluding carboxylic acids is 4. The highest BCUT2D eigenvalue weighted by atomic mass is 16.4. The first-order valence-corrected chi connectivity index (χ1v) is 12.4. The van der Waals surface area contributed by atoms with Crippen molar-refractivity contribution in [3.05, 3.63) is 35.9 Å². The predicted molar refractivity (Wildman–Crippen MR) is 138 cm³/mol. The van der Waals surface area contributed by atoms with Crippen LogP contribution in [0.3, 0.4) is 0 Å². The van der Waals surface area contributed by atoms with Crippen molar-refractivity contribution in [1.29, 1.82) is 0 Å². The Morgan fingerprint density at radius 1 is 0.919 bits per heavy atom. The number of nitrogens with one attached hydrogen (secondary N) is 3. The van der Waals surface area contributed by atoms with Crippen LogP contribution >= 0.6 is 0 Å². The Morgan fingerprint density at radius 3 is 2.08 bits per heavy atom. The number of carboxylic acids is 1. The lowest BCUT2D eigenvalue weighted by atomic mass is 9.96. The van der Waals surface area contributed by atoms with E-state index < -0.39 is 60.2 Å². The minimum absolute atomic E-state index is 0.265. The molecule has 0 saturated carbocycles. The van der Waals surface area contributed by atoms with Crippen LogP contribution in [-0.4, -0.2) is 65.4 Å². The summed E-state index contributed by atoms with van der Waals surface area (Å²) in [4.78, 5) is 61.6. The molecule has 0 bridgehead atoms. The van der Waals surface area contributed by atoms with E-state index in [9.17, 15) is 29.1 Å². The SMILES string of the molecule is CCC(C)C(NC(=O)C(CCCCN)NC(=O)C(N)Cc1ccccc1)C(=O)NC(CC(N)=O)C(=O)O. The van der Waals surface area contributed by atoms with Crippen LogP contribution in [0.15, 0.2) is 30.3 Å². The van der Waals surface area contributed by atoms with Gasteiger partial charge in [-0.2, -0.15) is 0 Å². The number of hydrogen-bond donors (Lipinski definition) is 7. The largest absolute Gasteiger partial charge is 0.480 e. The number of carbonyl (C=O) groups is 5. The quantitative estimate of drug-likeness (QED) is 0.128. The molecule has 1 aromatic carbocycles. The Kier molecular flexibility index (Phi) is 13.9. The maximum absolute atomic E-state index is 13.2. The van der Waals surface area contributed by atoms with Gasteiger partial charge >= 0.3 is 5.97 Å². The van der Waals surface area contributed by atoms with Gasteiger partial charge in [-0.25, -0.2) is 4.79 Å². The Morgan fingerprint density at radius 2 is 1.54 bits per heavy atom. The first kappa shape index (κ1) is 31.5. The number of aliphatic carboxylic acids is 1. The molecule has 4 amide bonds. The average molecular weight is 521 g/mol. The van der Waals surface area contributed by atoms with Crippen LogP contribution in [0.25, 0.3) is 0 Å². The van der Waals surface area contributed by atoms with Crippen LogP contribution in [-0.2, 0) is 30.4 Å². The third kappa shape index (κ3) is 11.4. The van der Waals surface area contributed by atoms with Crippen LogP contribution in [0.1, 0.15) is 51.5 Å². The number of carboxylic acid groups (broad SMARTS) is 1. The maximum atomic E-state index is 13.2. The van der Waals surface area contributed by atoms with Crippen LogP contribution in [0.5, 0.6) is 0 Å². The molecule has 37 heavy (non-hydrogen) atoms. The van der Waals surface area contributed by atoms with E-state index in [2.05, 4.69) is 16.0 Å². The summed E-state index contributed by atoms with van der Waals surface area (Å²) < 4.78 is 0. The molecule has 5 atom stereocenters. The van der Waals surface area contributed by atoms with E-state index in [1.807, 2.05) is 30.3 Å². The molecule has 12 heteroatoms. The summed E-state index contributed by atoms with van der Waals surface area (Å²) >= 11 is 0. The van der Waals surface area contributed by atoms with Crippen LogP contribution in [0.4, 0.5) is 0 Å². The van der Waals surface area contributed by atoms with Crippen molar-refractivity contribution in [3.63, 3.8) is 0 Å². The van der Waals surface area contributed by atoms with Crippen molar-refractivity contribution in [2.24, 2.45) is 23.1 Å². The maximum Gasteiger partial charge on any atom is 0.326 e. The fraction of sp³-hybridized carbons (Fsp3) is 0.560. The number of hydrogen-bond acceptors (Lipinski definition) is 7. The summed E-state index contributed by atoms with van der Waals surface area (Å²) in [5.74, 6) is -4.61. The highest BCUT2D eigenvalue weighted by Crippen LogP contribution is 2.11. The van der Waals surface area contributed by atoms with Crippen LogP contribution in [0.2, 0.25) is 0 Å². The van der Waals surface area contributed by atoms with Gasteiger partial charge in [-0.1, -0.05) is 50.6 Å². The second-order valence-corrected chi connectivity index (χ2v) is 9.08. The van der Waals surface area contributed by atoms with Gasteiger partial charge in [-0.15, -0.1) is 0 Å². The Labute approximate surface area is 217 Å². The second kappa shape index (κ2) is 16.3. The zero-order valence-electron chi connectivity index (χ0n) is 21.4. The molecule has 0 spiro atoms. The standard InChI is InChI=1S/C25H40N6O6/c1-3-15(2)21(24(35)30-19(25(36)37)14-20(28)32)31-23(34)18(11-7-8-12-26)29-22(33)17(27)13-16-9-5-4-6-10-16/h4-6,9-10,15,17-19,21H,3,7-8,11-14,26-27H2,1-2H3,(H2,28,32)(H,29,33)(H,30,35)(H,31,34)(H,36,37). The zero-order valence-corrected chi connectivity index (χ0v) is 21.4. The van der Waals surface area contributed by atoms with Crippen molar-refractivity contribution in [3.8, 4) is 0 Å². The number of benzene rings is 1. The fourth-order valence-electron chi connectivity index (χ4n) is 3.62. The smallest absolute Gasteiger partial charge is 0.326 e. The van der Waals surface area contributed by atoms with E-state index in [4.69, 9.17) is 17.2 Å². The molecule has 0 fully saturated rings. The number of nitrogens with two attached hydrogens (primary N) is 3. The van der Waals surface area contributed by atoms with E-state index in [0.29, 0.717) is 25.8 Å². The predicted octanol–water partition coefficient (Wildman–Crippen LogP) is -0.854. The van der Waals surface area contributed by atoms with Gasteiger partial charge in [0, 0.05) is 0 Å². The third-order valence-electron chi connectivity index (χ3n) is 6.03. The molecule has 0 aliphatic rings. The minimum atomic E-state index is -1.54. The van der Waals surface area contributed by atoms with E-state index in [1.54, 1.807) is 13.8 Å². The minimum Gasteiger partial charge on any atom is -0.480 e. The molecule has 0 saturated heterocycles. The first-order valence-electron chi connectivity index (χ1n) is 12.4. The van der Waals surface area contributed by atoms with E-state index in [-0.39, 0.29) is 18.8 Å². The summed E-state index contributed by atoms with van der Waals surface area (Å²) in [6.07, 6.45) is 1.59. The highest BCUT2D eigenvalue weighted by molar-refractivity contribution is 5.95. The van der Waals surface area contributed by atoms with Crippen molar-refractivity contribution >= 4 is 29.6 Å².